The fourth-order valence-corrected chi connectivity index (χ4v) is 2.12. The lowest BCUT2D eigenvalue weighted by Gasteiger charge is -2.08. The molecule has 8 nitrogen and oxygen atoms in total. The van der Waals surface area contributed by atoms with Gasteiger partial charge in [0.1, 0.15) is 11.6 Å². The van der Waals surface area contributed by atoms with Crippen molar-refractivity contribution < 1.29 is 28.6 Å². The summed E-state index contributed by atoms with van der Waals surface area (Å²) in [5.74, 6) is 0.143. The van der Waals surface area contributed by atoms with Gasteiger partial charge in [-0.2, -0.15) is 0 Å². The first-order chi connectivity index (χ1) is 13.4. The van der Waals surface area contributed by atoms with Crippen LogP contribution >= 0.6 is 0 Å². The molecular weight excluding hydrogens is 364 g/mol. The van der Waals surface area contributed by atoms with Crippen molar-refractivity contribution in [3.05, 3.63) is 0 Å². The Labute approximate surface area is 169 Å². The molecule has 0 bridgehead atoms. The molecule has 0 aliphatic carbocycles. The molecule has 164 valence electrons. The summed E-state index contributed by atoms with van der Waals surface area (Å²) >= 11 is 0. The predicted molar refractivity (Wildman–Crippen MR) is 107 cm³/mol. The van der Waals surface area contributed by atoms with E-state index in [9.17, 15) is 14.4 Å². The van der Waals surface area contributed by atoms with Crippen LogP contribution in [0.2, 0.25) is 0 Å². The van der Waals surface area contributed by atoms with Crippen LogP contribution in [-0.2, 0) is 28.6 Å². The molecule has 0 spiro atoms. The lowest BCUT2D eigenvalue weighted by Crippen LogP contribution is -2.26. The van der Waals surface area contributed by atoms with Crippen molar-refractivity contribution in [1.29, 1.82) is 0 Å². The first-order valence-electron chi connectivity index (χ1n) is 10.2. The molecule has 0 unspecified atom stereocenters. The highest BCUT2D eigenvalue weighted by molar-refractivity contribution is 5.85. The summed E-state index contributed by atoms with van der Waals surface area (Å²) in [5, 5.41) is 5.82. The standard InChI is InChI=1S/C20H38N2O6/c1-17(2)19(24)6-7-20(25)22-9-5-11-27-13-15-28-14-12-26-10-4-8-21-16-18(3)23/h17,21H,4-16H2,1-3H3,(H,22,25). The molecule has 8 heteroatoms. The average molecular weight is 403 g/mol. The van der Waals surface area contributed by atoms with Gasteiger partial charge in [0.05, 0.1) is 33.0 Å². The minimum Gasteiger partial charge on any atom is -0.379 e. The number of hydrogen-bond donors (Lipinski definition) is 2. The first-order valence-corrected chi connectivity index (χ1v) is 10.2. The maximum atomic E-state index is 11.6. The Morgan fingerprint density at radius 1 is 0.786 bits per heavy atom. The molecule has 0 heterocycles. The number of nitrogens with one attached hydrogen (secondary N) is 2. The van der Waals surface area contributed by atoms with Crippen LogP contribution in [0.4, 0.5) is 0 Å². The van der Waals surface area contributed by atoms with Crippen molar-refractivity contribution in [2.45, 2.75) is 46.5 Å². The maximum Gasteiger partial charge on any atom is 0.220 e. The zero-order chi connectivity index (χ0) is 21.0. The second-order valence-corrected chi connectivity index (χ2v) is 6.89. The largest absolute Gasteiger partial charge is 0.379 e. The fraction of sp³-hybridized carbons (Fsp3) is 0.850. The molecule has 0 aromatic heterocycles. The van der Waals surface area contributed by atoms with Crippen LogP contribution in [0.15, 0.2) is 0 Å². The molecule has 0 aliphatic rings. The van der Waals surface area contributed by atoms with Gasteiger partial charge in [-0.3, -0.25) is 14.4 Å². The molecule has 28 heavy (non-hydrogen) atoms. The Hall–Kier alpha value is -1.35. The Morgan fingerprint density at radius 3 is 1.86 bits per heavy atom. The minimum absolute atomic E-state index is 0.0177. The molecule has 0 atom stereocenters. The van der Waals surface area contributed by atoms with Gasteiger partial charge in [0, 0.05) is 38.5 Å². The lowest BCUT2D eigenvalue weighted by atomic mass is 10.0. The van der Waals surface area contributed by atoms with Crippen LogP contribution < -0.4 is 10.6 Å². The van der Waals surface area contributed by atoms with Crippen molar-refractivity contribution in [2.24, 2.45) is 5.92 Å². The molecule has 0 radical (unpaired) electrons. The van der Waals surface area contributed by atoms with Crippen LogP contribution in [0.1, 0.15) is 46.5 Å². The van der Waals surface area contributed by atoms with Crippen molar-refractivity contribution in [2.75, 3.05) is 59.3 Å². The summed E-state index contributed by atoms with van der Waals surface area (Å²) in [6, 6.07) is 0. The third-order valence-corrected chi connectivity index (χ3v) is 3.79. The zero-order valence-corrected chi connectivity index (χ0v) is 17.7. The van der Waals surface area contributed by atoms with E-state index in [1.165, 1.54) is 0 Å². The second-order valence-electron chi connectivity index (χ2n) is 6.89. The van der Waals surface area contributed by atoms with Gasteiger partial charge in [0.15, 0.2) is 0 Å². The van der Waals surface area contributed by atoms with Gasteiger partial charge in [0.25, 0.3) is 0 Å². The smallest absolute Gasteiger partial charge is 0.220 e. The van der Waals surface area contributed by atoms with E-state index in [1.54, 1.807) is 6.92 Å². The van der Waals surface area contributed by atoms with Crippen LogP contribution in [-0.4, -0.2) is 76.7 Å². The Morgan fingerprint density at radius 2 is 1.32 bits per heavy atom. The second kappa shape index (κ2) is 19.0. The van der Waals surface area contributed by atoms with Crippen LogP contribution in [0.3, 0.4) is 0 Å². The summed E-state index contributed by atoms with van der Waals surface area (Å²) < 4.78 is 16.2. The summed E-state index contributed by atoms with van der Waals surface area (Å²) in [6.07, 6.45) is 2.14. The van der Waals surface area contributed by atoms with Gasteiger partial charge in [-0.1, -0.05) is 13.8 Å². The number of carbonyl (C=O) groups excluding carboxylic acids is 3. The zero-order valence-electron chi connectivity index (χ0n) is 17.7. The van der Waals surface area contributed by atoms with Crippen molar-refractivity contribution in [1.82, 2.24) is 10.6 Å². The van der Waals surface area contributed by atoms with E-state index < -0.39 is 0 Å². The molecule has 0 saturated heterocycles. The summed E-state index contributed by atoms with van der Waals surface area (Å²) in [5.41, 5.74) is 0. The van der Waals surface area contributed by atoms with Crippen molar-refractivity contribution in [3.8, 4) is 0 Å². The van der Waals surface area contributed by atoms with Crippen molar-refractivity contribution in [3.63, 3.8) is 0 Å². The Kier molecular flexibility index (Phi) is 18.1. The van der Waals surface area contributed by atoms with E-state index >= 15 is 0 Å². The highest BCUT2D eigenvalue weighted by Gasteiger charge is 2.09. The van der Waals surface area contributed by atoms with E-state index in [4.69, 9.17) is 14.2 Å². The van der Waals surface area contributed by atoms with Crippen LogP contribution in [0, 0.1) is 5.92 Å². The van der Waals surface area contributed by atoms with E-state index in [1.807, 2.05) is 13.8 Å². The SMILES string of the molecule is CC(=O)CNCCCOCCOCCOCCCNC(=O)CCC(=O)C(C)C. The maximum absolute atomic E-state index is 11.6. The van der Waals surface area contributed by atoms with Crippen molar-refractivity contribution >= 4 is 17.5 Å². The first kappa shape index (κ1) is 26.6. The molecule has 0 rings (SSSR count). The number of rotatable bonds is 20. The summed E-state index contributed by atoms with van der Waals surface area (Å²) in [6.45, 7) is 10.2. The average Bonchev–Trinajstić information content (AvgIpc) is 2.65. The van der Waals surface area contributed by atoms with E-state index in [0.29, 0.717) is 59.2 Å². The van der Waals surface area contributed by atoms with Gasteiger partial charge >= 0.3 is 0 Å². The lowest BCUT2D eigenvalue weighted by molar-refractivity contribution is -0.126. The molecular formula is C20H38N2O6. The molecule has 0 aromatic carbocycles. The normalized spacial score (nSPS) is 11.0. The number of amides is 1. The molecule has 0 fully saturated rings. The van der Waals surface area contributed by atoms with Gasteiger partial charge in [0.2, 0.25) is 5.91 Å². The van der Waals surface area contributed by atoms with Gasteiger partial charge in [-0.25, -0.2) is 0 Å². The molecule has 2 N–H and O–H groups in total. The molecule has 0 saturated carbocycles. The summed E-state index contributed by atoms with van der Waals surface area (Å²) in [4.78, 5) is 33.7. The topological polar surface area (TPSA) is 103 Å². The minimum atomic E-state index is -0.0908. The summed E-state index contributed by atoms with van der Waals surface area (Å²) in [7, 11) is 0. The number of ketones is 2. The van der Waals surface area contributed by atoms with E-state index in [0.717, 1.165) is 19.4 Å². The van der Waals surface area contributed by atoms with E-state index in [2.05, 4.69) is 10.6 Å². The predicted octanol–water partition coefficient (Wildman–Crippen LogP) is 1.12. The Balaban J connectivity index is 3.20. The monoisotopic (exact) mass is 402 g/mol. The number of Topliss-reactive ketones (excluding diaryl/α,β-unsaturated/α-hetero) is 2. The fourth-order valence-electron chi connectivity index (χ4n) is 2.12. The van der Waals surface area contributed by atoms with Gasteiger partial charge in [-0.05, 0) is 26.3 Å². The third-order valence-electron chi connectivity index (χ3n) is 3.79. The number of ether oxygens (including phenoxy) is 3. The van der Waals surface area contributed by atoms with Gasteiger partial charge < -0.3 is 24.8 Å². The number of carbonyl (C=O) groups is 3. The Bertz CT molecular complexity index is 429. The molecule has 1 amide bonds. The van der Waals surface area contributed by atoms with Gasteiger partial charge in [-0.15, -0.1) is 0 Å². The van der Waals surface area contributed by atoms with Crippen LogP contribution in [0.25, 0.3) is 0 Å². The van der Waals surface area contributed by atoms with Crippen LogP contribution in [0.5, 0.6) is 0 Å². The molecule has 0 aliphatic heterocycles. The number of hydrogen-bond acceptors (Lipinski definition) is 7. The quantitative estimate of drug-likeness (QED) is 0.294. The van der Waals surface area contributed by atoms with E-state index in [-0.39, 0.29) is 29.8 Å². The highest BCUT2D eigenvalue weighted by atomic mass is 16.5. The molecule has 0 aromatic rings. The highest BCUT2D eigenvalue weighted by Crippen LogP contribution is 2.01. The third kappa shape index (κ3) is 19.4.